The van der Waals surface area contributed by atoms with Gasteiger partial charge in [-0.25, -0.2) is 8.42 Å². The van der Waals surface area contributed by atoms with Gasteiger partial charge < -0.3 is 0 Å². The summed E-state index contributed by atoms with van der Waals surface area (Å²) in [6.45, 7) is 2.94. The van der Waals surface area contributed by atoms with Gasteiger partial charge in [-0.05, 0) is 46.5 Å². The molecule has 0 radical (unpaired) electrons. The first-order chi connectivity index (χ1) is 10.0. The Kier molecular flexibility index (Phi) is 5.81. The summed E-state index contributed by atoms with van der Waals surface area (Å²) in [7, 11) is -3.35. The molecule has 0 bridgehead atoms. The molecule has 0 saturated heterocycles. The van der Waals surface area contributed by atoms with E-state index in [-0.39, 0.29) is 5.75 Å². The lowest BCUT2D eigenvalue weighted by Gasteiger charge is -2.21. The van der Waals surface area contributed by atoms with Crippen molar-refractivity contribution in [3.05, 3.63) is 57.2 Å². The van der Waals surface area contributed by atoms with Gasteiger partial charge in [0.15, 0.2) is 0 Å². The SMILES string of the molecule is CCCN(Cc1ccsc1)S(=O)(=O)Cc1cccc(Cl)c1. The van der Waals surface area contributed by atoms with Gasteiger partial charge in [-0.15, -0.1) is 0 Å². The number of hydrogen-bond donors (Lipinski definition) is 0. The first-order valence-electron chi connectivity index (χ1n) is 6.74. The van der Waals surface area contributed by atoms with E-state index in [1.54, 1.807) is 39.9 Å². The van der Waals surface area contributed by atoms with Gasteiger partial charge in [-0.2, -0.15) is 15.6 Å². The first-order valence-corrected chi connectivity index (χ1v) is 9.67. The highest BCUT2D eigenvalue weighted by atomic mass is 35.5. The lowest BCUT2D eigenvalue weighted by molar-refractivity contribution is 0.405. The molecule has 1 heterocycles. The van der Waals surface area contributed by atoms with Crippen LogP contribution in [0.3, 0.4) is 0 Å². The minimum atomic E-state index is -3.35. The summed E-state index contributed by atoms with van der Waals surface area (Å²) in [4.78, 5) is 0. The van der Waals surface area contributed by atoms with Crippen molar-refractivity contribution in [1.29, 1.82) is 0 Å². The highest BCUT2D eigenvalue weighted by Gasteiger charge is 2.22. The molecule has 0 saturated carbocycles. The standard InChI is InChI=1S/C15H18ClNO2S2/c1-2-7-17(10-14-6-8-20-11-14)21(18,19)12-13-4-3-5-15(16)9-13/h3-6,8-9,11H,2,7,10,12H2,1H3. The molecule has 6 heteroatoms. The van der Waals surface area contributed by atoms with Crippen LogP contribution in [0, 0.1) is 0 Å². The molecule has 0 atom stereocenters. The summed E-state index contributed by atoms with van der Waals surface area (Å²) in [5.41, 5.74) is 1.75. The summed E-state index contributed by atoms with van der Waals surface area (Å²) in [5.74, 6) is -0.0162. The van der Waals surface area contributed by atoms with Crippen LogP contribution in [0.4, 0.5) is 0 Å². The molecule has 3 nitrogen and oxygen atoms in total. The normalized spacial score (nSPS) is 12.0. The van der Waals surface area contributed by atoms with Crippen molar-refractivity contribution in [3.8, 4) is 0 Å². The number of sulfonamides is 1. The Morgan fingerprint density at radius 2 is 2.05 bits per heavy atom. The van der Waals surface area contributed by atoms with E-state index in [1.165, 1.54) is 0 Å². The van der Waals surface area contributed by atoms with Crippen LogP contribution in [0.25, 0.3) is 0 Å². The molecule has 0 amide bonds. The zero-order valence-corrected chi connectivity index (χ0v) is 14.2. The topological polar surface area (TPSA) is 37.4 Å². The molecule has 0 spiro atoms. The number of rotatable bonds is 7. The third kappa shape index (κ3) is 4.81. The van der Waals surface area contributed by atoms with Crippen molar-refractivity contribution < 1.29 is 8.42 Å². The third-order valence-electron chi connectivity index (χ3n) is 3.04. The lowest BCUT2D eigenvalue weighted by atomic mass is 10.2. The van der Waals surface area contributed by atoms with Gasteiger partial charge in [0.1, 0.15) is 0 Å². The Morgan fingerprint density at radius 1 is 1.24 bits per heavy atom. The second-order valence-corrected chi connectivity index (χ2v) is 8.04. The summed E-state index contributed by atoms with van der Waals surface area (Å²) in [6, 6.07) is 8.97. The van der Waals surface area contributed by atoms with E-state index in [9.17, 15) is 8.42 Å². The molecule has 114 valence electrons. The summed E-state index contributed by atoms with van der Waals surface area (Å²) in [6.07, 6.45) is 0.791. The molecule has 2 rings (SSSR count). The van der Waals surface area contributed by atoms with Gasteiger partial charge >= 0.3 is 0 Å². The van der Waals surface area contributed by atoms with Crippen LogP contribution in [0.1, 0.15) is 24.5 Å². The highest BCUT2D eigenvalue weighted by Crippen LogP contribution is 2.18. The van der Waals surface area contributed by atoms with Crippen molar-refractivity contribution in [1.82, 2.24) is 4.31 Å². The Bertz CT molecular complexity index is 669. The molecule has 2 aromatic rings. The molecule has 1 aromatic heterocycles. The van der Waals surface area contributed by atoms with Gasteiger partial charge in [0, 0.05) is 18.1 Å². The number of thiophene rings is 1. The van der Waals surface area contributed by atoms with Crippen LogP contribution in [-0.2, 0) is 22.3 Å². The highest BCUT2D eigenvalue weighted by molar-refractivity contribution is 7.88. The van der Waals surface area contributed by atoms with E-state index in [2.05, 4.69) is 0 Å². The second kappa shape index (κ2) is 7.40. The van der Waals surface area contributed by atoms with Crippen molar-refractivity contribution >= 4 is 33.0 Å². The Hall–Kier alpha value is -0.880. The van der Waals surface area contributed by atoms with Crippen LogP contribution in [0.2, 0.25) is 5.02 Å². The summed E-state index contributed by atoms with van der Waals surface area (Å²) >= 11 is 7.50. The monoisotopic (exact) mass is 343 g/mol. The fraction of sp³-hybridized carbons (Fsp3) is 0.333. The number of benzene rings is 1. The van der Waals surface area contributed by atoms with Gasteiger partial charge in [0.25, 0.3) is 0 Å². The van der Waals surface area contributed by atoms with Crippen molar-refractivity contribution in [3.63, 3.8) is 0 Å². The van der Waals surface area contributed by atoms with Gasteiger partial charge in [0.05, 0.1) is 5.75 Å². The molecule has 0 aliphatic carbocycles. The van der Waals surface area contributed by atoms with E-state index < -0.39 is 10.0 Å². The van der Waals surface area contributed by atoms with Gasteiger partial charge in [-0.3, -0.25) is 0 Å². The Morgan fingerprint density at radius 3 is 2.67 bits per heavy atom. The van der Waals surface area contributed by atoms with Crippen LogP contribution in [0.5, 0.6) is 0 Å². The summed E-state index contributed by atoms with van der Waals surface area (Å²) < 4.78 is 26.8. The minimum Gasteiger partial charge on any atom is -0.212 e. The molecule has 0 fully saturated rings. The molecule has 0 aliphatic rings. The van der Waals surface area contributed by atoms with Crippen molar-refractivity contribution in [2.24, 2.45) is 0 Å². The van der Waals surface area contributed by atoms with Crippen molar-refractivity contribution in [2.45, 2.75) is 25.6 Å². The maximum Gasteiger partial charge on any atom is 0.218 e. The van der Waals surface area contributed by atoms with Crippen molar-refractivity contribution in [2.75, 3.05) is 6.54 Å². The zero-order valence-electron chi connectivity index (χ0n) is 11.8. The average molecular weight is 344 g/mol. The largest absolute Gasteiger partial charge is 0.218 e. The predicted molar refractivity (Wildman–Crippen MR) is 89.1 cm³/mol. The fourth-order valence-corrected chi connectivity index (χ4v) is 4.54. The van der Waals surface area contributed by atoms with E-state index in [0.717, 1.165) is 12.0 Å². The molecule has 1 aromatic carbocycles. The van der Waals surface area contributed by atoms with E-state index in [4.69, 9.17) is 11.6 Å². The van der Waals surface area contributed by atoms with Gasteiger partial charge in [-0.1, -0.05) is 30.7 Å². The van der Waals surface area contributed by atoms with Crippen LogP contribution >= 0.6 is 22.9 Å². The van der Waals surface area contributed by atoms with Crippen LogP contribution < -0.4 is 0 Å². The number of halogens is 1. The zero-order chi connectivity index (χ0) is 15.3. The molecule has 0 aliphatic heterocycles. The van der Waals surface area contributed by atoms with Gasteiger partial charge in [0.2, 0.25) is 10.0 Å². The first kappa shape index (κ1) is 16.5. The smallest absolute Gasteiger partial charge is 0.212 e. The van der Waals surface area contributed by atoms with E-state index in [1.807, 2.05) is 23.8 Å². The third-order valence-corrected chi connectivity index (χ3v) is 5.81. The molecule has 0 unspecified atom stereocenters. The van der Waals surface area contributed by atoms with Crippen LogP contribution in [-0.4, -0.2) is 19.3 Å². The quantitative estimate of drug-likeness (QED) is 0.757. The number of hydrogen-bond acceptors (Lipinski definition) is 3. The lowest BCUT2D eigenvalue weighted by Crippen LogP contribution is -2.32. The molecule has 21 heavy (non-hydrogen) atoms. The Labute approximate surface area is 135 Å². The Balaban J connectivity index is 2.17. The van der Waals surface area contributed by atoms with E-state index >= 15 is 0 Å². The maximum atomic E-state index is 12.6. The maximum absolute atomic E-state index is 12.6. The number of nitrogens with zero attached hydrogens (tertiary/aromatic N) is 1. The predicted octanol–water partition coefficient (Wildman–Crippen LogP) is 4.14. The fourth-order valence-electron chi connectivity index (χ4n) is 2.08. The molecular weight excluding hydrogens is 326 g/mol. The summed E-state index contributed by atoms with van der Waals surface area (Å²) in [5, 5.41) is 4.50. The van der Waals surface area contributed by atoms with E-state index in [0.29, 0.717) is 23.7 Å². The molecule has 0 N–H and O–H groups in total. The molecular formula is C15H18ClNO2S2. The minimum absolute atomic E-state index is 0.0162. The van der Waals surface area contributed by atoms with Crippen LogP contribution in [0.15, 0.2) is 41.1 Å². The average Bonchev–Trinajstić information content (AvgIpc) is 2.90. The second-order valence-electron chi connectivity index (χ2n) is 4.85.